The van der Waals surface area contributed by atoms with E-state index in [0.717, 1.165) is 17.4 Å². The van der Waals surface area contributed by atoms with Crippen LogP contribution in [0.25, 0.3) is 11.3 Å². The summed E-state index contributed by atoms with van der Waals surface area (Å²) < 4.78 is 10.8. The summed E-state index contributed by atoms with van der Waals surface area (Å²) in [6.07, 6.45) is 0.778. The molecule has 1 aromatic heterocycles. The van der Waals surface area contributed by atoms with E-state index in [9.17, 15) is 4.79 Å². The molecule has 1 heterocycles. The van der Waals surface area contributed by atoms with Gasteiger partial charge in [-0.2, -0.15) is 0 Å². The number of aryl methyl sites for hydroxylation is 1. The van der Waals surface area contributed by atoms with Gasteiger partial charge in [-0.1, -0.05) is 6.07 Å². The molecule has 0 saturated carbocycles. The van der Waals surface area contributed by atoms with E-state index >= 15 is 0 Å². The van der Waals surface area contributed by atoms with Crippen LogP contribution < -0.4 is 10.1 Å². The molecule has 0 spiro atoms. The number of nitrogens with zero attached hydrogens (tertiary/aromatic N) is 2. The third-order valence-electron chi connectivity index (χ3n) is 3.14. The standard InChI is InChI=1S/C16H19N3O3/c1-4-21-10-22-14-8-12(9-20)5-6-13(14)16-11(2)7-15(17-3)18-19-16/h5-9H,4,10H2,1-3H3,(H,17,18). The molecular formula is C16H19N3O3. The van der Waals surface area contributed by atoms with Gasteiger partial charge in [0.1, 0.15) is 17.9 Å². The Bertz CT molecular complexity index is 659. The van der Waals surface area contributed by atoms with E-state index in [-0.39, 0.29) is 6.79 Å². The highest BCUT2D eigenvalue weighted by atomic mass is 16.7. The van der Waals surface area contributed by atoms with E-state index in [4.69, 9.17) is 9.47 Å². The van der Waals surface area contributed by atoms with Crippen LogP contribution >= 0.6 is 0 Å². The van der Waals surface area contributed by atoms with Crippen LogP contribution in [-0.2, 0) is 4.74 Å². The number of aromatic nitrogens is 2. The molecule has 0 bridgehead atoms. The van der Waals surface area contributed by atoms with Gasteiger partial charge < -0.3 is 14.8 Å². The van der Waals surface area contributed by atoms with Gasteiger partial charge in [-0.25, -0.2) is 0 Å². The van der Waals surface area contributed by atoms with Gasteiger partial charge in [0.15, 0.2) is 6.79 Å². The molecule has 0 amide bonds. The second kappa shape index (κ2) is 7.51. The molecule has 1 N–H and O–H groups in total. The number of carbonyl (C=O) groups excluding carboxylic acids is 1. The molecule has 6 heteroatoms. The first-order valence-electron chi connectivity index (χ1n) is 7.01. The lowest BCUT2D eigenvalue weighted by Crippen LogP contribution is -2.05. The number of nitrogens with one attached hydrogen (secondary N) is 1. The molecule has 0 saturated heterocycles. The van der Waals surface area contributed by atoms with Crippen molar-refractivity contribution in [2.45, 2.75) is 13.8 Å². The highest BCUT2D eigenvalue weighted by Crippen LogP contribution is 2.31. The van der Waals surface area contributed by atoms with E-state index in [1.54, 1.807) is 25.2 Å². The minimum Gasteiger partial charge on any atom is -0.467 e. The number of aldehydes is 1. The quantitative estimate of drug-likeness (QED) is 0.481. The molecule has 6 nitrogen and oxygen atoms in total. The normalized spacial score (nSPS) is 10.3. The van der Waals surface area contributed by atoms with Crippen LogP contribution in [0, 0.1) is 6.92 Å². The minimum atomic E-state index is 0.118. The van der Waals surface area contributed by atoms with Crippen molar-refractivity contribution in [2.75, 3.05) is 25.8 Å². The van der Waals surface area contributed by atoms with Crippen molar-refractivity contribution in [1.29, 1.82) is 0 Å². The number of ether oxygens (including phenoxy) is 2. The van der Waals surface area contributed by atoms with Crippen LogP contribution in [0.3, 0.4) is 0 Å². The Morgan fingerprint density at radius 3 is 2.73 bits per heavy atom. The second-order valence-corrected chi connectivity index (χ2v) is 4.64. The van der Waals surface area contributed by atoms with Crippen molar-refractivity contribution in [3.8, 4) is 17.0 Å². The number of rotatable bonds is 7. The summed E-state index contributed by atoms with van der Waals surface area (Å²) in [4.78, 5) is 11.0. The molecule has 0 fully saturated rings. The Balaban J connectivity index is 2.42. The molecule has 0 unspecified atom stereocenters. The number of hydrogen-bond donors (Lipinski definition) is 1. The molecule has 2 aromatic rings. The van der Waals surface area contributed by atoms with Crippen LogP contribution in [0.15, 0.2) is 24.3 Å². The highest BCUT2D eigenvalue weighted by molar-refractivity contribution is 5.80. The van der Waals surface area contributed by atoms with Gasteiger partial charge in [-0.15, -0.1) is 10.2 Å². The van der Waals surface area contributed by atoms with Gasteiger partial charge in [0.25, 0.3) is 0 Å². The summed E-state index contributed by atoms with van der Waals surface area (Å²) in [6, 6.07) is 7.11. The number of hydrogen-bond acceptors (Lipinski definition) is 6. The zero-order valence-corrected chi connectivity index (χ0v) is 12.9. The average Bonchev–Trinajstić information content (AvgIpc) is 2.55. The van der Waals surface area contributed by atoms with Crippen molar-refractivity contribution in [1.82, 2.24) is 10.2 Å². The second-order valence-electron chi connectivity index (χ2n) is 4.64. The van der Waals surface area contributed by atoms with E-state index in [0.29, 0.717) is 29.4 Å². The lowest BCUT2D eigenvalue weighted by atomic mass is 10.0. The van der Waals surface area contributed by atoms with E-state index in [1.807, 2.05) is 19.9 Å². The molecule has 0 atom stereocenters. The van der Waals surface area contributed by atoms with Gasteiger partial charge in [0, 0.05) is 24.8 Å². The maximum Gasteiger partial charge on any atom is 0.189 e. The zero-order valence-electron chi connectivity index (χ0n) is 12.9. The highest BCUT2D eigenvalue weighted by Gasteiger charge is 2.13. The lowest BCUT2D eigenvalue weighted by Gasteiger charge is -2.13. The molecular weight excluding hydrogens is 282 g/mol. The smallest absolute Gasteiger partial charge is 0.189 e. The van der Waals surface area contributed by atoms with Gasteiger partial charge in [-0.05, 0) is 37.6 Å². The maximum absolute atomic E-state index is 11.0. The Morgan fingerprint density at radius 1 is 1.27 bits per heavy atom. The van der Waals surface area contributed by atoms with E-state index in [2.05, 4.69) is 15.5 Å². The Morgan fingerprint density at radius 2 is 2.09 bits per heavy atom. The van der Waals surface area contributed by atoms with Crippen LogP contribution in [0.4, 0.5) is 5.82 Å². The average molecular weight is 301 g/mol. The molecule has 0 aliphatic carbocycles. The third-order valence-corrected chi connectivity index (χ3v) is 3.14. The van der Waals surface area contributed by atoms with Gasteiger partial charge in [0.2, 0.25) is 0 Å². The molecule has 116 valence electrons. The molecule has 2 rings (SSSR count). The SMILES string of the molecule is CCOCOc1cc(C=O)ccc1-c1nnc(NC)cc1C. The van der Waals surface area contributed by atoms with Crippen LogP contribution in [0.2, 0.25) is 0 Å². The number of benzene rings is 1. The Labute approximate surface area is 129 Å². The first-order chi connectivity index (χ1) is 10.7. The fourth-order valence-electron chi connectivity index (χ4n) is 1.99. The molecule has 0 aliphatic rings. The van der Waals surface area contributed by atoms with Gasteiger partial charge >= 0.3 is 0 Å². The fourth-order valence-corrected chi connectivity index (χ4v) is 1.99. The predicted molar refractivity (Wildman–Crippen MR) is 84.3 cm³/mol. The minimum absolute atomic E-state index is 0.118. The molecule has 0 radical (unpaired) electrons. The third kappa shape index (κ3) is 3.59. The predicted octanol–water partition coefficient (Wildman–Crippen LogP) is 2.68. The maximum atomic E-state index is 11.0. The topological polar surface area (TPSA) is 73.3 Å². The van der Waals surface area contributed by atoms with Crippen LogP contribution in [0.5, 0.6) is 5.75 Å². The van der Waals surface area contributed by atoms with Crippen molar-refractivity contribution in [2.24, 2.45) is 0 Å². The summed E-state index contributed by atoms with van der Waals surface area (Å²) in [6.45, 7) is 4.51. The van der Waals surface area contributed by atoms with Crippen molar-refractivity contribution in [3.63, 3.8) is 0 Å². The summed E-state index contributed by atoms with van der Waals surface area (Å²) in [5.41, 5.74) is 2.98. The van der Waals surface area contributed by atoms with Gasteiger partial charge in [0.05, 0.1) is 5.69 Å². The first kappa shape index (κ1) is 15.9. The monoisotopic (exact) mass is 301 g/mol. The Kier molecular flexibility index (Phi) is 5.43. The van der Waals surface area contributed by atoms with Crippen molar-refractivity contribution < 1.29 is 14.3 Å². The van der Waals surface area contributed by atoms with Crippen LogP contribution in [-0.4, -0.2) is 36.9 Å². The van der Waals surface area contributed by atoms with Crippen LogP contribution in [0.1, 0.15) is 22.8 Å². The number of anilines is 1. The van der Waals surface area contributed by atoms with E-state index in [1.165, 1.54) is 0 Å². The molecule has 0 aliphatic heterocycles. The molecule has 1 aromatic carbocycles. The summed E-state index contributed by atoms with van der Waals surface area (Å²) in [5, 5.41) is 11.3. The summed E-state index contributed by atoms with van der Waals surface area (Å²) >= 11 is 0. The largest absolute Gasteiger partial charge is 0.467 e. The number of carbonyl (C=O) groups is 1. The summed E-state index contributed by atoms with van der Waals surface area (Å²) in [5.74, 6) is 1.25. The summed E-state index contributed by atoms with van der Waals surface area (Å²) in [7, 11) is 1.79. The van der Waals surface area contributed by atoms with Gasteiger partial charge in [-0.3, -0.25) is 4.79 Å². The van der Waals surface area contributed by atoms with E-state index < -0.39 is 0 Å². The lowest BCUT2D eigenvalue weighted by molar-refractivity contribution is 0.0227. The first-order valence-corrected chi connectivity index (χ1v) is 7.01. The zero-order chi connectivity index (χ0) is 15.9. The van der Waals surface area contributed by atoms with Crippen molar-refractivity contribution >= 4 is 12.1 Å². The fraction of sp³-hybridized carbons (Fsp3) is 0.312. The van der Waals surface area contributed by atoms with Crippen molar-refractivity contribution in [3.05, 3.63) is 35.4 Å². The molecule has 22 heavy (non-hydrogen) atoms. The Hall–Kier alpha value is -2.47.